The molecule has 1 aromatic carbocycles. The van der Waals surface area contributed by atoms with Gasteiger partial charge in [-0.05, 0) is 64.9 Å². The summed E-state index contributed by atoms with van der Waals surface area (Å²) < 4.78 is 28.6. The molecule has 1 saturated heterocycles. The lowest BCUT2D eigenvalue weighted by molar-refractivity contribution is 0.0762. The predicted molar refractivity (Wildman–Crippen MR) is 127 cm³/mol. The Morgan fingerprint density at radius 3 is 2.48 bits per heavy atom. The topological polar surface area (TPSA) is 81.8 Å². The number of rotatable bonds is 7. The van der Waals surface area contributed by atoms with Crippen LogP contribution in [0.5, 0.6) is 0 Å². The number of nitrogens with one attached hydrogen (secondary N) is 2. The second kappa shape index (κ2) is 10.6. The van der Waals surface area contributed by atoms with E-state index in [2.05, 4.69) is 34.9 Å². The summed E-state index contributed by atoms with van der Waals surface area (Å²) in [6.07, 6.45) is 4.98. The van der Waals surface area contributed by atoms with Crippen molar-refractivity contribution in [2.45, 2.75) is 51.5 Å². The maximum absolute atomic E-state index is 13.2. The standard InChI is InChI=1S/C23H38N4O3S/c1-18(2)9-7-10-24-20-15-19(22(28)27-12-8-11-26(6)13-14-27)16-21(17-20)31(29,30)25-23(3,4)5/h7,9,15-18,24-25H,8,10-14H2,1-6H3. The van der Waals surface area contributed by atoms with Gasteiger partial charge >= 0.3 is 0 Å². The zero-order valence-electron chi connectivity index (χ0n) is 19.7. The molecule has 31 heavy (non-hydrogen) atoms. The van der Waals surface area contributed by atoms with Crippen molar-refractivity contribution in [3.05, 3.63) is 35.9 Å². The van der Waals surface area contributed by atoms with Crippen molar-refractivity contribution in [3.63, 3.8) is 0 Å². The first-order chi connectivity index (χ1) is 14.4. The highest BCUT2D eigenvalue weighted by Gasteiger charge is 2.25. The third-order valence-corrected chi connectivity index (χ3v) is 6.59. The Hall–Kier alpha value is -1.90. The highest BCUT2D eigenvalue weighted by Crippen LogP contribution is 2.22. The molecule has 0 aliphatic carbocycles. The molecule has 0 radical (unpaired) electrons. The number of hydrogen-bond donors (Lipinski definition) is 2. The Morgan fingerprint density at radius 2 is 1.84 bits per heavy atom. The van der Waals surface area contributed by atoms with Gasteiger partial charge in [-0.15, -0.1) is 0 Å². The molecule has 1 aliphatic heterocycles. The highest BCUT2D eigenvalue weighted by atomic mass is 32.2. The third kappa shape index (κ3) is 8.27. The number of allylic oxidation sites excluding steroid dienone is 1. The number of anilines is 1. The fourth-order valence-corrected chi connectivity index (χ4v) is 4.88. The third-order valence-electron chi connectivity index (χ3n) is 4.86. The number of likely N-dealkylation sites (N-methyl/N-ethyl adjacent to an activating group) is 1. The van der Waals surface area contributed by atoms with E-state index in [-0.39, 0.29) is 10.8 Å². The zero-order chi connectivity index (χ0) is 23.2. The van der Waals surface area contributed by atoms with Gasteiger partial charge in [0.05, 0.1) is 4.90 Å². The van der Waals surface area contributed by atoms with E-state index in [0.717, 1.165) is 19.5 Å². The number of sulfonamides is 1. The van der Waals surface area contributed by atoms with Crippen LogP contribution in [0.2, 0.25) is 0 Å². The maximum atomic E-state index is 13.2. The molecule has 2 rings (SSSR count). The lowest BCUT2D eigenvalue weighted by Crippen LogP contribution is -2.40. The summed E-state index contributed by atoms with van der Waals surface area (Å²) in [5.74, 6) is 0.298. The SMILES string of the molecule is CC(C)C=CCNc1cc(C(=O)N2CCCN(C)CC2)cc(S(=O)(=O)NC(C)(C)C)c1. The van der Waals surface area contributed by atoms with Crippen molar-refractivity contribution in [2.75, 3.05) is 45.1 Å². The Morgan fingerprint density at radius 1 is 1.13 bits per heavy atom. The van der Waals surface area contributed by atoms with Gasteiger partial charge in [-0.1, -0.05) is 26.0 Å². The van der Waals surface area contributed by atoms with Crippen molar-refractivity contribution >= 4 is 21.6 Å². The van der Waals surface area contributed by atoms with Gasteiger partial charge in [-0.3, -0.25) is 4.79 Å². The fourth-order valence-electron chi connectivity index (χ4n) is 3.39. The summed E-state index contributed by atoms with van der Waals surface area (Å²) >= 11 is 0. The van der Waals surface area contributed by atoms with Gasteiger partial charge in [-0.25, -0.2) is 13.1 Å². The smallest absolute Gasteiger partial charge is 0.254 e. The highest BCUT2D eigenvalue weighted by molar-refractivity contribution is 7.89. The van der Waals surface area contributed by atoms with Crippen LogP contribution in [-0.4, -0.2) is 69.4 Å². The van der Waals surface area contributed by atoms with Crippen LogP contribution in [0.4, 0.5) is 5.69 Å². The lowest BCUT2D eigenvalue weighted by atomic mass is 10.1. The molecule has 1 aromatic rings. The first-order valence-corrected chi connectivity index (χ1v) is 12.4. The number of nitrogens with zero attached hydrogens (tertiary/aromatic N) is 2. The molecule has 0 atom stereocenters. The van der Waals surface area contributed by atoms with Crippen LogP contribution in [0.25, 0.3) is 0 Å². The Balaban J connectivity index is 2.36. The summed E-state index contributed by atoms with van der Waals surface area (Å²) in [5, 5.41) is 3.23. The van der Waals surface area contributed by atoms with Crippen LogP contribution in [0.15, 0.2) is 35.2 Å². The second-order valence-corrected chi connectivity index (χ2v) is 11.3. The van der Waals surface area contributed by atoms with E-state index in [1.165, 1.54) is 6.07 Å². The number of carbonyl (C=O) groups is 1. The average molecular weight is 451 g/mol. The molecule has 1 aliphatic rings. The Labute approximate surface area is 187 Å². The molecule has 2 N–H and O–H groups in total. The Kier molecular flexibility index (Phi) is 8.68. The summed E-state index contributed by atoms with van der Waals surface area (Å²) in [6, 6.07) is 4.82. The first-order valence-electron chi connectivity index (χ1n) is 10.9. The van der Waals surface area contributed by atoms with Gasteiger partial charge in [0.15, 0.2) is 0 Å². The molecule has 0 bridgehead atoms. The maximum Gasteiger partial charge on any atom is 0.254 e. The number of benzene rings is 1. The average Bonchev–Trinajstić information content (AvgIpc) is 2.87. The van der Waals surface area contributed by atoms with E-state index in [1.807, 2.05) is 18.0 Å². The van der Waals surface area contributed by atoms with Crippen molar-refractivity contribution in [1.29, 1.82) is 0 Å². The first kappa shape index (κ1) is 25.4. The molecule has 1 fully saturated rings. The molecule has 0 aromatic heterocycles. The van der Waals surface area contributed by atoms with Gasteiger partial charge in [0.2, 0.25) is 10.0 Å². The molecule has 0 unspecified atom stereocenters. The van der Waals surface area contributed by atoms with Crippen molar-refractivity contribution in [3.8, 4) is 0 Å². The zero-order valence-corrected chi connectivity index (χ0v) is 20.6. The predicted octanol–water partition coefficient (Wildman–Crippen LogP) is 3.17. The van der Waals surface area contributed by atoms with Crippen LogP contribution in [0.1, 0.15) is 51.4 Å². The lowest BCUT2D eigenvalue weighted by Gasteiger charge is -2.23. The minimum atomic E-state index is -3.77. The normalized spacial score (nSPS) is 16.7. The van der Waals surface area contributed by atoms with Gasteiger partial charge in [-0.2, -0.15) is 0 Å². The van der Waals surface area contributed by atoms with Crippen molar-refractivity contribution < 1.29 is 13.2 Å². The summed E-state index contributed by atoms with van der Waals surface area (Å²) in [6.45, 7) is 13.2. The molecule has 174 valence electrons. The minimum Gasteiger partial charge on any atom is -0.382 e. The van der Waals surface area contributed by atoms with Gasteiger partial charge in [0.1, 0.15) is 0 Å². The molecular formula is C23H38N4O3S. The van der Waals surface area contributed by atoms with Gasteiger partial charge < -0.3 is 15.1 Å². The van der Waals surface area contributed by atoms with Gasteiger partial charge in [0.25, 0.3) is 5.91 Å². The van der Waals surface area contributed by atoms with Crippen LogP contribution < -0.4 is 10.0 Å². The number of carbonyl (C=O) groups excluding carboxylic acids is 1. The van der Waals surface area contributed by atoms with Gasteiger partial charge in [0, 0.05) is 43.0 Å². The molecule has 0 spiro atoms. The number of amides is 1. The molecule has 1 heterocycles. The fraction of sp³-hybridized carbons (Fsp3) is 0.609. The van der Waals surface area contributed by atoms with Crippen LogP contribution in [0.3, 0.4) is 0 Å². The van der Waals surface area contributed by atoms with E-state index in [4.69, 9.17) is 0 Å². The summed E-state index contributed by atoms with van der Waals surface area (Å²) in [7, 11) is -1.73. The molecular weight excluding hydrogens is 412 g/mol. The van der Waals surface area contributed by atoms with Crippen molar-refractivity contribution in [2.24, 2.45) is 5.92 Å². The molecule has 7 nitrogen and oxygen atoms in total. The molecule has 0 saturated carbocycles. The monoisotopic (exact) mass is 450 g/mol. The van der Waals surface area contributed by atoms with E-state index in [9.17, 15) is 13.2 Å². The Bertz CT molecular complexity index is 889. The van der Waals surface area contributed by atoms with E-state index in [1.54, 1.807) is 32.9 Å². The van der Waals surface area contributed by atoms with Crippen LogP contribution >= 0.6 is 0 Å². The van der Waals surface area contributed by atoms with Crippen LogP contribution in [-0.2, 0) is 10.0 Å². The van der Waals surface area contributed by atoms with Crippen LogP contribution in [0, 0.1) is 5.92 Å². The summed E-state index contributed by atoms with van der Waals surface area (Å²) in [5.41, 5.74) is 0.374. The molecule has 1 amide bonds. The minimum absolute atomic E-state index is 0.0931. The molecule has 8 heteroatoms. The largest absolute Gasteiger partial charge is 0.382 e. The summed E-state index contributed by atoms with van der Waals surface area (Å²) in [4.78, 5) is 17.4. The quantitative estimate of drug-likeness (QED) is 0.624. The second-order valence-electron chi connectivity index (χ2n) is 9.60. The van der Waals surface area contributed by atoms with E-state index < -0.39 is 15.6 Å². The van der Waals surface area contributed by atoms with E-state index in [0.29, 0.717) is 36.8 Å². The van der Waals surface area contributed by atoms with E-state index >= 15 is 0 Å². The van der Waals surface area contributed by atoms with Crippen molar-refractivity contribution in [1.82, 2.24) is 14.5 Å². The number of hydrogen-bond acceptors (Lipinski definition) is 5.